The molecule has 1 fully saturated rings. The Labute approximate surface area is 200 Å². The summed E-state index contributed by atoms with van der Waals surface area (Å²) >= 11 is 1.37. The summed E-state index contributed by atoms with van der Waals surface area (Å²) in [7, 11) is 0. The zero-order valence-electron chi connectivity index (χ0n) is 18.5. The molecule has 0 radical (unpaired) electrons. The van der Waals surface area contributed by atoms with Crippen LogP contribution >= 0.6 is 11.8 Å². The quantitative estimate of drug-likeness (QED) is 0.574. The third-order valence-corrected chi connectivity index (χ3v) is 6.87. The largest absolute Gasteiger partial charge is 0.441 e. The fraction of sp³-hybridized carbons (Fsp3) is 0.292. The number of oxazole rings is 1. The van der Waals surface area contributed by atoms with E-state index in [2.05, 4.69) is 25.5 Å². The van der Waals surface area contributed by atoms with Crippen LogP contribution in [0, 0.1) is 6.92 Å². The number of thioether (sulfide) groups is 1. The highest BCUT2D eigenvalue weighted by molar-refractivity contribution is 8.15. The summed E-state index contributed by atoms with van der Waals surface area (Å²) in [6, 6.07) is 11.8. The molecule has 34 heavy (non-hydrogen) atoms. The number of nitrogens with zero attached hydrogens (tertiary/aromatic N) is 3. The maximum Gasteiger partial charge on any atom is 0.262 e. The molecular weight excluding hydrogens is 454 g/mol. The van der Waals surface area contributed by atoms with Crippen molar-refractivity contribution >= 4 is 57.1 Å². The summed E-state index contributed by atoms with van der Waals surface area (Å²) in [5, 5.41) is 5.86. The van der Waals surface area contributed by atoms with Crippen molar-refractivity contribution in [3.63, 3.8) is 0 Å². The van der Waals surface area contributed by atoms with E-state index in [-0.39, 0.29) is 24.1 Å². The highest BCUT2D eigenvalue weighted by Gasteiger charge is 2.33. The van der Waals surface area contributed by atoms with Crippen molar-refractivity contribution in [2.45, 2.75) is 31.4 Å². The average Bonchev–Trinajstić information content (AvgIpc) is 3.54. The molecule has 2 N–H and O–H groups in total. The molecule has 2 aliphatic heterocycles. The molecule has 2 aliphatic rings. The van der Waals surface area contributed by atoms with Gasteiger partial charge in [0, 0.05) is 43.4 Å². The first-order chi connectivity index (χ1) is 16.4. The van der Waals surface area contributed by atoms with Crippen LogP contribution < -0.4 is 10.6 Å². The molecule has 2 aromatic carbocycles. The van der Waals surface area contributed by atoms with Crippen LogP contribution in [-0.2, 0) is 9.59 Å². The molecule has 5 rings (SSSR count). The average molecular weight is 478 g/mol. The molecule has 1 atom stereocenters. The number of amides is 3. The van der Waals surface area contributed by atoms with Crippen LogP contribution in [0.4, 0.5) is 11.4 Å². The number of hydrogen-bond donors (Lipinski definition) is 2. The van der Waals surface area contributed by atoms with Gasteiger partial charge in [0.1, 0.15) is 10.8 Å². The molecule has 0 saturated carbocycles. The summed E-state index contributed by atoms with van der Waals surface area (Å²) in [5.41, 5.74) is 2.94. The molecule has 3 aromatic rings. The number of aromatic nitrogens is 1. The number of aryl methyl sites for hydroxylation is 1. The monoisotopic (exact) mass is 477 g/mol. The summed E-state index contributed by atoms with van der Waals surface area (Å²) in [6.07, 6.45) is 2.25. The highest BCUT2D eigenvalue weighted by atomic mass is 32.2. The number of hydrogen-bond acceptors (Lipinski definition) is 7. The Bertz CT molecular complexity index is 1290. The predicted molar refractivity (Wildman–Crippen MR) is 131 cm³/mol. The van der Waals surface area contributed by atoms with E-state index >= 15 is 0 Å². The molecule has 174 valence electrons. The van der Waals surface area contributed by atoms with E-state index in [1.54, 1.807) is 49.4 Å². The lowest BCUT2D eigenvalue weighted by Gasteiger charge is -2.16. The van der Waals surface area contributed by atoms with Crippen LogP contribution in [0.2, 0.25) is 0 Å². The van der Waals surface area contributed by atoms with E-state index in [1.165, 1.54) is 11.8 Å². The fourth-order valence-corrected chi connectivity index (χ4v) is 5.08. The molecule has 0 bridgehead atoms. The molecule has 0 spiro atoms. The zero-order chi connectivity index (χ0) is 23.7. The molecule has 9 nitrogen and oxygen atoms in total. The Balaban J connectivity index is 1.15. The number of nitrogens with one attached hydrogen (secondary N) is 2. The van der Waals surface area contributed by atoms with Crippen LogP contribution in [0.1, 0.15) is 35.5 Å². The molecule has 0 aliphatic carbocycles. The van der Waals surface area contributed by atoms with Crippen molar-refractivity contribution < 1.29 is 18.8 Å². The lowest BCUT2D eigenvalue weighted by atomic mass is 10.1. The Morgan fingerprint density at radius 2 is 1.82 bits per heavy atom. The summed E-state index contributed by atoms with van der Waals surface area (Å²) in [6.45, 7) is 3.58. The smallest absolute Gasteiger partial charge is 0.262 e. The van der Waals surface area contributed by atoms with Gasteiger partial charge in [-0.25, -0.2) is 4.98 Å². The Kier molecular flexibility index (Phi) is 6.06. The summed E-state index contributed by atoms with van der Waals surface area (Å²) < 4.78 is 5.45. The molecule has 10 heteroatoms. The minimum atomic E-state index is -0.494. The van der Waals surface area contributed by atoms with E-state index in [4.69, 9.17) is 4.42 Å². The van der Waals surface area contributed by atoms with Gasteiger partial charge in [0.25, 0.3) is 11.8 Å². The van der Waals surface area contributed by atoms with Gasteiger partial charge in [-0.1, -0.05) is 11.8 Å². The van der Waals surface area contributed by atoms with Crippen LogP contribution in [0.5, 0.6) is 0 Å². The van der Waals surface area contributed by atoms with Gasteiger partial charge >= 0.3 is 0 Å². The number of fused-ring (bicyclic) bond motifs is 1. The van der Waals surface area contributed by atoms with Crippen molar-refractivity contribution in [2.24, 2.45) is 4.99 Å². The third-order valence-electron chi connectivity index (χ3n) is 5.66. The van der Waals surface area contributed by atoms with Gasteiger partial charge < -0.3 is 20.0 Å². The first kappa shape index (κ1) is 22.1. The number of aliphatic imine (C=N–C) groups is 1. The molecular formula is C24H23N5O4S. The molecule has 3 heterocycles. The van der Waals surface area contributed by atoms with Gasteiger partial charge in [-0.3, -0.25) is 14.4 Å². The van der Waals surface area contributed by atoms with E-state index in [0.717, 1.165) is 31.1 Å². The number of anilines is 2. The number of likely N-dealkylation sites (tertiary alicyclic amines) is 1. The van der Waals surface area contributed by atoms with Gasteiger partial charge in [-0.15, -0.1) is 0 Å². The fourth-order valence-electron chi connectivity index (χ4n) is 3.96. The normalized spacial score (nSPS) is 17.8. The minimum absolute atomic E-state index is 0.0522. The van der Waals surface area contributed by atoms with E-state index in [1.807, 2.05) is 0 Å². The number of carbonyl (C=O) groups is 3. The van der Waals surface area contributed by atoms with Gasteiger partial charge in [-0.2, -0.15) is 4.99 Å². The zero-order valence-corrected chi connectivity index (χ0v) is 19.4. The van der Waals surface area contributed by atoms with E-state index in [0.29, 0.717) is 33.9 Å². The molecule has 1 saturated heterocycles. The van der Waals surface area contributed by atoms with Gasteiger partial charge in [0.15, 0.2) is 16.6 Å². The van der Waals surface area contributed by atoms with Crippen LogP contribution in [0.25, 0.3) is 11.1 Å². The Hall–Kier alpha value is -3.66. The number of carbonyl (C=O) groups excluding carboxylic acids is 3. The Morgan fingerprint density at radius 3 is 2.59 bits per heavy atom. The lowest BCUT2D eigenvalue weighted by molar-refractivity contribution is -0.121. The SMILES string of the molecule is Cc1nc2cc(NC(=O)c3ccc(NC(=O)C[C@@H]4SC(N5CCCC5)=NC4=O)cc3)ccc2o1. The first-order valence-electron chi connectivity index (χ1n) is 11.1. The van der Waals surface area contributed by atoms with E-state index in [9.17, 15) is 14.4 Å². The third kappa shape index (κ3) is 4.81. The standard InChI is InChI=1S/C24H23N5O4S/c1-14-25-18-12-17(8-9-19(18)33-14)27-22(31)15-4-6-16(7-5-15)26-21(30)13-20-23(32)28-24(34-20)29-10-2-3-11-29/h4-9,12,20H,2-3,10-11,13H2,1H3,(H,26,30)(H,27,31)/t20-/m0/s1. The van der Waals surface area contributed by atoms with Crippen molar-refractivity contribution in [3.05, 3.63) is 53.9 Å². The lowest BCUT2D eigenvalue weighted by Crippen LogP contribution is -2.25. The number of rotatable bonds is 5. The van der Waals surface area contributed by atoms with Gasteiger partial charge in [0.05, 0.1) is 0 Å². The van der Waals surface area contributed by atoms with Crippen molar-refractivity contribution in [1.82, 2.24) is 9.88 Å². The maximum atomic E-state index is 12.6. The van der Waals surface area contributed by atoms with Gasteiger partial charge in [0.2, 0.25) is 5.91 Å². The second-order valence-corrected chi connectivity index (χ2v) is 9.40. The summed E-state index contributed by atoms with van der Waals surface area (Å²) in [5.74, 6) is -0.242. The summed E-state index contributed by atoms with van der Waals surface area (Å²) in [4.78, 5) is 47.8. The minimum Gasteiger partial charge on any atom is -0.441 e. The predicted octanol–water partition coefficient (Wildman–Crippen LogP) is 3.81. The molecule has 0 unspecified atom stereocenters. The van der Waals surface area contributed by atoms with Crippen LogP contribution in [-0.4, -0.2) is 51.1 Å². The van der Waals surface area contributed by atoms with Crippen LogP contribution in [0.3, 0.4) is 0 Å². The number of benzene rings is 2. The van der Waals surface area contributed by atoms with Crippen molar-refractivity contribution in [1.29, 1.82) is 0 Å². The first-order valence-corrected chi connectivity index (χ1v) is 12.0. The topological polar surface area (TPSA) is 117 Å². The highest BCUT2D eigenvalue weighted by Crippen LogP contribution is 2.29. The molecule has 1 aromatic heterocycles. The van der Waals surface area contributed by atoms with Crippen LogP contribution in [0.15, 0.2) is 51.9 Å². The second-order valence-electron chi connectivity index (χ2n) is 8.23. The maximum absolute atomic E-state index is 12.6. The van der Waals surface area contributed by atoms with E-state index < -0.39 is 5.25 Å². The molecule has 3 amide bonds. The van der Waals surface area contributed by atoms with Crippen molar-refractivity contribution in [2.75, 3.05) is 23.7 Å². The Morgan fingerprint density at radius 1 is 1.09 bits per heavy atom. The second kappa shape index (κ2) is 9.30. The van der Waals surface area contributed by atoms with Crippen molar-refractivity contribution in [3.8, 4) is 0 Å². The number of amidine groups is 1. The van der Waals surface area contributed by atoms with Gasteiger partial charge in [-0.05, 0) is 55.3 Å².